The Morgan fingerprint density at radius 3 is 2.50 bits per heavy atom. The number of carbonyl (C=O) groups is 2. The predicted molar refractivity (Wildman–Crippen MR) is 159 cm³/mol. The molecule has 2 aromatic carbocycles. The number of anilines is 1. The van der Waals surface area contributed by atoms with Crippen molar-refractivity contribution in [1.29, 1.82) is 0 Å². The van der Waals surface area contributed by atoms with E-state index in [1.807, 2.05) is 6.07 Å². The van der Waals surface area contributed by atoms with Crippen LogP contribution in [0.3, 0.4) is 0 Å². The van der Waals surface area contributed by atoms with Gasteiger partial charge in [-0.15, -0.1) is 0 Å². The average Bonchev–Trinajstić information content (AvgIpc) is 3.56. The number of sulfonamides is 1. The molecule has 0 saturated heterocycles. The Labute approximate surface area is 250 Å². The first kappa shape index (κ1) is 29.7. The standard InChI is InChI=1S/C31H33ClN2O7S/c1-4-34(42(37,38)25-12-14-28-26(17-25)20(3)29(41-28)31(36)39-5-2)27-13-11-23(32)16-22(27)18-33(19-24-10-7-15-40-24)30(35)21-8-6-9-21/h7,10-17,21H,4-6,8-9,18-19H2,1-3H3. The SMILES string of the molecule is CCOC(=O)c1oc2ccc(S(=O)(=O)N(CC)c3ccc(Cl)cc3CN(Cc3ccco3)C(=O)C3CCC3)cc2c1C. The van der Waals surface area contributed by atoms with Crippen LogP contribution in [0.25, 0.3) is 11.0 Å². The van der Waals surface area contributed by atoms with Crippen LogP contribution >= 0.6 is 11.6 Å². The van der Waals surface area contributed by atoms with Crippen LogP contribution in [-0.4, -0.2) is 38.3 Å². The minimum atomic E-state index is -4.07. The van der Waals surface area contributed by atoms with Crippen molar-refractivity contribution in [1.82, 2.24) is 4.90 Å². The highest BCUT2D eigenvalue weighted by atomic mass is 35.5. The molecule has 11 heteroatoms. The number of rotatable bonds is 11. The lowest BCUT2D eigenvalue weighted by Crippen LogP contribution is -2.39. The molecule has 9 nitrogen and oxygen atoms in total. The van der Waals surface area contributed by atoms with Gasteiger partial charge >= 0.3 is 5.97 Å². The van der Waals surface area contributed by atoms with Crippen LogP contribution < -0.4 is 4.31 Å². The van der Waals surface area contributed by atoms with E-state index < -0.39 is 16.0 Å². The van der Waals surface area contributed by atoms with Gasteiger partial charge in [-0.05, 0) is 87.7 Å². The number of ether oxygens (including phenoxy) is 1. The fourth-order valence-electron chi connectivity index (χ4n) is 5.19. The second-order valence-corrected chi connectivity index (χ2v) is 12.6. The lowest BCUT2D eigenvalue weighted by Gasteiger charge is -2.33. The third-order valence-corrected chi connectivity index (χ3v) is 9.73. The number of fused-ring (bicyclic) bond motifs is 1. The van der Waals surface area contributed by atoms with Crippen LogP contribution in [0.4, 0.5) is 5.69 Å². The van der Waals surface area contributed by atoms with Crippen LogP contribution in [-0.2, 0) is 32.6 Å². The quantitative estimate of drug-likeness (QED) is 0.173. The molecular weight excluding hydrogens is 580 g/mol. The van der Waals surface area contributed by atoms with Gasteiger partial charge in [-0.25, -0.2) is 13.2 Å². The van der Waals surface area contributed by atoms with Gasteiger partial charge in [-0.3, -0.25) is 9.10 Å². The van der Waals surface area contributed by atoms with E-state index in [1.54, 1.807) is 56.2 Å². The number of furan rings is 2. The summed E-state index contributed by atoms with van der Waals surface area (Å²) < 4.78 is 45.8. The Hall–Kier alpha value is -3.76. The maximum absolute atomic E-state index is 14.1. The van der Waals surface area contributed by atoms with Crippen molar-refractivity contribution in [3.63, 3.8) is 0 Å². The number of esters is 1. The molecule has 0 N–H and O–H groups in total. The van der Waals surface area contributed by atoms with Crippen LogP contribution in [0.15, 0.2) is 68.5 Å². The maximum atomic E-state index is 14.1. The van der Waals surface area contributed by atoms with E-state index in [9.17, 15) is 18.0 Å². The van der Waals surface area contributed by atoms with E-state index in [1.165, 1.54) is 22.5 Å². The number of hydrogen-bond acceptors (Lipinski definition) is 7. The van der Waals surface area contributed by atoms with Gasteiger partial charge in [0.1, 0.15) is 11.3 Å². The van der Waals surface area contributed by atoms with Crippen molar-refractivity contribution in [2.24, 2.45) is 5.92 Å². The first-order valence-electron chi connectivity index (χ1n) is 14.0. The summed E-state index contributed by atoms with van der Waals surface area (Å²) in [7, 11) is -4.07. The predicted octanol–water partition coefficient (Wildman–Crippen LogP) is 6.71. The molecule has 0 atom stereocenters. The molecule has 2 aromatic heterocycles. The molecule has 0 aliphatic heterocycles. The van der Waals surface area contributed by atoms with E-state index in [4.69, 9.17) is 25.2 Å². The monoisotopic (exact) mass is 612 g/mol. The molecule has 4 aromatic rings. The van der Waals surface area contributed by atoms with Crippen LogP contribution in [0.5, 0.6) is 0 Å². The first-order chi connectivity index (χ1) is 20.1. The highest BCUT2D eigenvalue weighted by molar-refractivity contribution is 7.92. The summed E-state index contributed by atoms with van der Waals surface area (Å²) in [4.78, 5) is 27.5. The number of carbonyl (C=O) groups excluding carboxylic acids is 2. The lowest BCUT2D eigenvalue weighted by atomic mass is 9.84. The van der Waals surface area contributed by atoms with Gasteiger partial charge in [-0.2, -0.15) is 0 Å². The van der Waals surface area contributed by atoms with E-state index in [2.05, 4.69) is 0 Å². The molecule has 222 valence electrons. The molecule has 1 fully saturated rings. The molecule has 42 heavy (non-hydrogen) atoms. The molecule has 0 radical (unpaired) electrons. The zero-order valence-electron chi connectivity index (χ0n) is 23.8. The zero-order valence-corrected chi connectivity index (χ0v) is 25.3. The van der Waals surface area contributed by atoms with E-state index in [0.717, 1.165) is 19.3 Å². The van der Waals surface area contributed by atoms with Crippen molar-refractivity contribution < 1.29 is 31.6 Å². The Morgan fingerprint density at radius 1 is 1.07 bits per heavy atom. The molecule has 1 amide bonds. The van der Waals surface area contributed by atoms with Gasteiger partial charge in [0.15, 0.2) is 0 Å². The highest BCUT2D eigenvalue weighted by Crippen LogP contribution is 2.35. The normalized spacial score (nSPS) is 13.6. The van der Waals surface area contributed by atoms with Gasteiger partial charge in [0.25, 0.3) is 10.0 Å². The second kappa shape index (κ2) is 12.2. The Kier molecular flexibility index (Phi) is 8.65. The molecule has 5 rings (SSSR count). The first-order valence-corrected chi connectivity index (χ1v) is 15.8. The highest BCUT2D eigenvalue weighted by Gasteiger charge is 2.32. The summed E-state index contributed by atoms with van der Waals surface area (Å²) in [5.74, 6) is 0.0247. The number of aryl methyl sites for hydroxylation is 1. The Morgan fingerprint density at radius 2 is 1.86 bits per heavy atom. The summed E-state index contributed by atoms with van der Waals surface area (Å²) in [6.45, 7) is 5.86. The van der Waals surface area contributed by atoms with Crippen molar-refractivity contribution in [3.8, 4) is 0 Å². The van der Waals surface area contributed by atoms with Crippen LogP contribution in [0.2, 0.25) is 5.02 Å². The Balaban J connectivity index is 1.51. The lowest BCUT2D eigenvalue weighted by molar-refractivity contribution is -0.139. The summed E-state index contributed by atoms with van der Waals surface area (Å²) in [5.41, 5.74) is 1.90. The maximum Gasteiger partial charge on any atom is 0.374 e. The molecular formula is C31H33ClN2O7S. The van der Waals surface area contributed by atoms with E-state index >= 15 is 0 Å². The van der Waals surface area contributed by atoms with Gasteiger partial charge in [0, 0.05) is 35.0 Å². The minimum Gasteiger partial charge on any atom is -0.467 e. The number of halogens is 1. The molecule has 1 aliphatic rings. The zero-order chi connectivity index (χ0) is 30.0. The fraction of sp³-hybridized carbons (Fsp3) is 0.355. The average molecular weight is 613 g/mol. The van der Waals surface area contributed by atoms with Crippen LogP contribution in [0.1, 0.15) is 60.6 Å². The van der Waals surface area contributed by atoms with E-state index in [0.29, 0.717) is 38.6 Å². The van der Waals surface area contributed by atoms with Crippen molar-refractivity contribution in [2.75, 3.05) is 17.5 Å². The van der Waals surface area contributed by atoms with Crippen molar-refractivity contribution in [3.05, 3.63) is 82.5 Å². The van der Waals surface area contributed by atoms with Gasteiger partial charge in [0.05, 0.1) is 30.0 Å². The summed E-state index contributed by atoms with van der Waals surface area (Å²) >= 11 is 6.40. The molecule has 0 spiro atoms. The smallest absolute Gasteiger partial charge is 0.374 e. The molecule has 2 heterocycles. The van der Waals surface area contributed by atoms with Gasteiger partial charge in [-0.1, -0.05) is 18.0 Å². The van der Waals surface area contributed by atoms with Crippen molar-refractivity contribution >= 4 is 50.2 Å². The van der Waals surface area contributed by atoms with Gasteiger partial charge in [0.2, 0.25) is 11.7 Å². The summed E-state index contributed by atoms with van der Waals surface area (Å²) in [6.07, 6.45) is 4.24. The topological polar surface area (TPSA) is 110 Å². The van der Waals surface area contributed by atoms with Crippen LogP contribution in [0, 0.1) is 12.8 Å². The third-order valence-electron chi connectivity index (χ3n) is 7.61. The summed E-state index contributed by atoms with van der Waals surface area (Å²) in [5, 5.41) is 0.931. The molecule has 1 aliphatic carbocycles. The third kappa shape index (κ3) is 5.78. The number of amides is 1. The van der Waals surface area contributed by atoms with Crippen molar-refractivity contribution in [2.45, 2.75) is 58.0 Å². The largest absolute Gasteiger partial charge is 0.467 e. The number of hydrogen-bond donors (Lipinski definition) is 0. The Bertz CT molecular complexity index is 1710. The fourth-order valence-corrected chi connectivity index (χ4v) is 6.93. The summed E-state index contributed by atoms with van der Waals surface area (Å²) in [6, 6.07) is 13.1. The molecule has 0 bridgehead atoms. The number of nitrogens with zero attached hydrogens (tertiary/aromatic N) is 2. The van der Waals surface area contributed by atoms with E-state index in [-0.39, 0.29) is 48.7 Å². The minimum absolute atomic E-state index is 0.00719. The molecule has 0 unspecified atom stereocenters. The number of benzene rings is 2. The second-order valence-electron chi connectivity index (χ2n) is 10.3. The van der Waals surface area contributed by atoms with Gasteiger partial charge < -0.3 is 18.5 Å². The molecule has 1 saturated carbocycles.